The highest BCUT2D eigenvalue weighted by molar-refractivity contribution is 14.1. The maximum absolute atomic E-state index is 11.0. The third-order valence-electron chi connectivity index (χ3n) is 2.14. The van der Waals surface area contributed by atoms with Crippen LogP contribution in [0.2, 0.25) is 0 Å². The van der Waals surface area contributed by atoms with Crippen LogP contribution < -0.4 is 5.32 Å². The third-order valence-corrected chi connectivity index (χ3v) is 3.31. The molecule has 0 bridgehead atoms. The highest BCUT2D eigenvalue weighted by Gasteiger charge is 2.19. The first-order chi connectivity index (χ1) is 5.68. The van der Waals surface area contributed by atoms with Gasteiger partial charge in [0.15, 0.2) is 0 Å². The van der Waals surface area contributed by atoms with Crippen LogP contribution in [0.25, 0.3) is 0 Å². The number of halogens is 1. The predicted molar refractivity (Wildman–Crippen MR) is 56.2 cm³/mol. The van der Waals surface area contributed by atoms with E-state index < -0.39 is 0 Å². The Morgan fingerprint density at radius 3 is 3.00 bits per heavy atom. The highest BCUT2D eigenvalue weighted by Crippen LogP contribution is 2.28. The van der Waals surface area contributed by atoms with E-state index in [1.54, 1.807) is 0 Å². The average Bonchev–Trinajstić information content (AvgIpc) is 2.39. The summed E-state index contributed by atoms with van der Waals surface area (Å²) in [5.74, 6) is 0.107. The van der Waals surface area contributed by atoms with Crippen molar-refractivity contribution >= 4 is 34.2 Å². The summed E-state index contributed by atoms with van der Waals surface area (Å²) in [6.07, 6.45) is 0.540. The van der Waals surface area contributed by atoms with Crippen molar-refractivity contribution in [1.29, 1.82) is 0 Å². The fourth-order valence-electron chi connectivity index (χ4n) is 1.43. The van der Waals surface area contributed by atoms with Gasteiger partial charge in [0, 0.05) is 9.26 Å². The van der Waals surface area contributed by atoms with E-state index in [9.17, 15) is 4.79 Å². The van der Waals surface area contributed by atoms with E-state index in [4.69, 9.17) is 0 Å². The lowest BCUT2D eigenvalue weighted by atomic mass is 10.1. The fraction of sp³-hybridized carbons (Fsp3) is 0.222. The van der Waals surface area contributed by atoms with Gasteiger partial charge < -0.3 is 5.32 Å². The van der Waals surface area contributed by atoms with Gasteiger partial charge in [0.1, 0.15) is 0 Å². The number of hydrogen-bond donors (Lipinski definition) is 1. The Bertz CT molecular complexity index is 360. The van der Waals surface area contributed by atoms with E-state index >= 15 is 0 Å². The van der Waals surface area contributed by atoms with Crippen LogP contribution in [0.1, 0.15) is 11.1 Å². The maximum Gasteiger partial charge on any atom is 0.228 e. The van der Waals surface area contributed by atoms with E-state index in [-0.39, 0.29) is 5.91 Å². The van der Waals surface area contributed by atoms with Gasteiger partial charge >= 0.3 is 0 Å². The fourth-order valence-corrected chi connectivity index (χ4v) is 1.93. The van der Waals surface area contributed by atoms with Gasteiger partial charge in [-0.1, -0.05) is 0 Å². The zero-order chi connectivity index (χ0) is 8.72. The summed E-state index contributed by atoms with van der Waals surface area (Å²) < 4.78 is 1.22. The standard InChI is InChI=1S/C9H8INO/c1-5-6-4-9(12)11-8(6)3-2-7(5)10/h2-3H,4H2,1H3,(H,11,12). The summed E-state index contributed by atoms with van der Waals surface area (Å²) in [6, 6.07) is 4.00. The lowest BCUT2D eigenvalue weighted by molar-refractivity contribution is -0.115. The highest BCUT2D eigenvalue weighted by atomic mass is 127. The number of carbonyl (C=O) groups is 1. The molecular formula is C9H8INO. The maximum atomic E-state index is 11.0. The minimum atomic E-state index is 0.107. The van der Waals surface area contributed by atoms with Gasteiger partial charge in [-0.15, -0.1) is 0 Å². The van der Waals surface area contributed by atoms with Crippen molar-refractivity contribution in [2.45, 2.75) is 13.3 Å². The second-order valence-corrected chi connectivity index (χ2v) is 4.09. The van der Waals surface area contributed by atoms with Crippen LogP contribution in [-0.2, 0) is 11.2 Å². The molecule has 0 aromatic heterocycles. The first kappa shape index (κ1) is 8.04. The molecule has 0 unspecified atom stereocenters. The van der Waals surface area contributed by atoms with E-state index in [2.05, 4.69) is 34.8 Å². The molecule has 0 saturated carbocycles. The molecule has 1 heterocycles. The van der Waals surface area contributed by atoms with Crippen molar-refractivity contribution in [2.24, 2.45) is 0 Å². The van der Waals surface area contributed by atoms with Crippen molar-refractivity contribution in [3.05, 3.63) is 26.8 Å². The van der Waals surface area contributed by atoms with E-state index in [1.165, 1.54) is 9.13 Å². The molecule has 1 aromatic carbocycles. The predicted octanol–water partition coefficient (Wildman–Crippen LogP) is 2.09. The van der Waals surface area contributed by atoms with Crippen LogP contribution in [0.4, 0.5) is 5.69 Å². The van der Waals surface area contributed by atoms with Crippen LogP contribution in [0.15, 0.2) is 12.1 Å². The molecule has 1 N–H and O–H groups in total. The van der Waals surface area contributed by atoms with Crippen molar-refractivity contribution in [3.63, 3.8) is 0 Å². The lowest BCUT2D eigenvalue weighted by Crippen LogP contribution is -2.03. The summed E-state index contributed by atoms with van der Waals surface area (Å²) >= 11 is 2.29. The molecule has 0 saturated heterocycles. The summed E-state index contributed by atoms with van der Waals surface area (Å²) in [5, 5.41) is 2.82. The molecule has 0 spiro atoms. The second kappa shape index (κ2) is 2.73. The number of amides is 1. The molecule has 1 amide bonds. The first-order valence-electron chi connectivity index (χ1n) is 3.76. The Balaban J connectivity index is 2.61. The Hall–Kier alpha value is -0.580. The number of fused-ring (bicyclic) bond motifs is 1. The van der Waals surface area contributed by atoms with Crippen LogP contribution >= 0.6 is 22.6 Å². The smallest absolute Gasteiger partial charge is 0.228 e. The summed E-state index contributed by atoms with van der Waals surface area (Å²) in [4.78, 5) is 11.0. The molecule has 3 heteroatoms. The van der Waals surface area contributed by atoms with Gasteiger partial charge in [0.05, 0.1) is 6.42 Å². The summed E-state index contributed by atoms with van der Waals surface area (Å²) in [6.45, 7) is 2.06. The minimum absolute atomic E-state index is 0.107. The quantitative estimate of drug-likeness (QED) is 0.720. The molecule has 1 aliphatic rings. The third kappa shape index (κ3) is 1.12. The van der Waals surface area contributed by atoms with Crippen LogP contribution in [-0.4, -0.2) is 5.91 Å². The van der Waals surface area contributed by atoms with Crippen molar-refractivity contribution < 1.29 is 4.79 Å². The van der Waals surface area contributed by atoms with Crippen LogP contribution in [0.3, 0.4) is 0 Å². The van der Waals surface area contributed by atoms with E-state index in [0.29, 0.717) is 6.42 Å². The Morgan fingerprint density at radius 1 is 1.50 bits per heavy atom. The molecule has 62 valence electrons. The van der Waals surface area contributed by atoms with Gasteiger partial charge in [0.2, 0.25) is 5.91 Å². The van der Waals surface area contributed by atoms with Gasteiger partial charge in [-0.25, -0.2) is 0 Å². The zero-order valence-corrected chi connectivity index (χ0v) is 8.81. The van der Waals surface area contributed by atoms with E-state index in [0.717, 1.165) is 11.3 Å². The van der Waals surface area contributed by atoms with Gasteiger partial charge in [-0.05, 0) is 52.8 Å². The average molecular weight is 273 g/mol. The summed E-state index contributed by atoms with van der Waals surface area (Å²) in [5.41, 5.74) is 3.37. The van der Waals surface area contributed by atoms with Crippen LogP contribution in [0, 0.1) is 10.5 Å². The molecule has 0 atom stereocenters. The van der Waals surface area contributed by atoms with E-state index in [1.807, 2.05) is 12.1 Å². The molecule has 0 aliphatic carbocycles. The summed E-state index contributed by atoms with van der Waals surface area (Å²) in [7, 11) is 0. The molecule has 2 rings (SSSR count). The molecule has 12 heavy (non-hydrogen) atoms. The van der Waals surface area contributed by atoms with Gasteiger partial charge in [-0.2, -0.15) is 0 Å². The minimum Gasteiger partial charge on any atom is -0.326 e. The number of rotatable bonds is 0. The normalized spacial score (nSPS) is 14.3. The SMILES string of the molecule is Cc1c(I)ccc2c1CC(=O)N2. The molecule has 1 aromatic rings. The number of anilines is 1. The Morgan fingerprint density at radius 2 is 2.25 bits per heavy atom. The number of nitrogens with one attached hydrogen (secondary N) is 1. The van der Waals surface area contributed by atoms with Gasteiger partial charge in [0.25, 0.3) is 0 Å². The van der Waals surface area contributed by atoms with Crippen LogP contribution in [0.5, 0.6) is 0 Å². The zero-order valence-electron chi connectivity index (χ0n) is 6.65. The van der Waals surface area contributed by atoms with Gasteiger partial charge in [-0.3, -0.25) is 4.79 Å². The molecule has 1 aliphatic heterocycles. The molecule has 2 nitrogen and oxygen atoms in total. The molecular weight excluding hydrogens is 265 g/mol. The lowest BCUT2D eigenvalue weighted by Gasteiger charge is -2.03. The molecule has 0 radical (unpaired) electrons. The number of hydrogen-bond acceptors (Lipinski definition) is 1. The number of benzene rings is 1. The van der Waals surface area contributed by atoms with Crippen molar-refractivity contribution in [3.8, 4) is 0 Å². The molecule has 0 fully saturated rings. The largest absolute Gasteiger partial charge is 0.326 e. The Kier molecular flexibility index (Phi) is 1.83. The first-order valence-corrected chi connectivity index (χ1v) is 4.84. The number of carbonyl (C=O) groups excluding carboxylic acids is 1. The second-order valence-electron chi connectivity index (χ2n) is 2.92. The Labute approximate surface area is 84.5 Å². The monoisotopic (exact) mass is 273 g/mol. The van der Waals surface area contributed by atoms with Crippen molar-refractivity contribution in [1.82, 2.24) is 0 Å². The van der Waals surface area contributed by atoms with Crippen molar-refractivity contribution in [2.75, 3.05) is 5.32 Å². The topological polar surface area (TPSA) is 29.1 Å².